The molecular weight excluding hydrogens is 404 g/mol. The third-order valence-electron chi connectivity index (χ3n) is 7.07. The quantitative estimate of drug-likeness (QED) is 0.390. The predicted molar refractivity (Wildman–Crippen MR) is 144 cm³/mol. The van der Waals surface area contributed by atoms with E-state index in [0.717, 1.165) is 6.42 Å². The molecule has 0 fully saturated rings. The van der Waals surface area contributed by atoms with Gasteiger partial charge in [-0.05, 0) is 57.3 Å². The molecule has 4 rings (SSSR count). The first kappa shape index (κ1) is 22.5. The molecule has 2 aliphatic carbocycles. The van der Waals surface area contributed by atoms with Gasteiger partial charge in [-0.3, -0.25) is 0 Å². The van der Waals surface area contributed by atoms with Gasteiger partial charge in [0.05, 0.1) is 0 Å². The van der Waals surface area contributed by atoms with Crippen LogP contribution in [0.2, 0.25) is 51.4 Å². The number of fused-ring (bicyclic) bond motifs is 2. The summed E-state index contributed by atoms with van der Waals surface area (Å²) in [5.41, 5.74) is 11.2. The smallest absolute Gasteiger partial charge is 0.0487 e. The molecule has 0 spiro atoms. The molecule has 0 N–H and O–H groups in total. The van der Waals surface area contributed by atoms with Gasteiger partial charge in [-0.1, -0.05) is 113 Å². The summed E-state index contributed by atoms with van der Waals surface area (Å²) in [7, 11) is -2.42. The molecule has 2 aliphatic rings. The SMILES string of the molecule is CC(C)(C1=C(C[Si](C)(C)C)c2ccccc2C1)C1C=C(C[Si](C)(C)C)c2ccccc21. The average Bonchev–Trinajstić information content (AvgIpc) is 3.20. The Morgan fingerprint density at radius 2 is 1.35 bits per heavy atom. The minimum Gasteiger partial charge on any atom is -0.0726 e. The van der Waals surface area contributed by atoms with Crippen molar-refractivity contribution in [2.75, 3.05) is 0 Å². The van der Waals surface area contributed by atoms with E-state index in [1.165, 1.54) is 28.8 Å². The van der Waals surface area contributed by atoms with E-state index in [1.54, 1.807) is 22.3 Å². The fourth-order valence-corrected chi connectivity index (χ4v) is 8.64. The summed E-state index contributed by atoms with van der Waals surface area (Å²) >= 11 is 0. The highest BCUT2D eigenvalue weighted by atomic mass is 28.3. The fourth-order valence-electron chi connectivity index (χ4n) is 5.73. The summed E-state index contributed by atoms with van der Waals surface area (Å²) in [6.45, 7) is 20.1. The Balaban J connectivity index is 1.82. The second-order valence-electron chi connectivity index (χ2n) is 12.7. The Bertz CT molecular complexity index is 1050. The van der Waals surface area contributed by atoms with Gasteiger partial charge in [0.25, 0.3) is 0 Å². The van der Waals surface area contributed by atoms with Crippen molar-refractivity contribution in [3.8, 4) is 0 Å². The number of allylic oxidation sites excluding steroid dienone is 4. The molecule has 2 aromatic carbocycles. The summed E-state index contributed by atoms with van der Waals surface area (Å²) in [6, 6.07) is 21.0. The van der Waals surface area contributed by atoms with E-state index >= 15 is 0 Å². The van der Waals surface area contributed by atoms with Crippen molar-refractivity contribution >= 4 is 27.3 Å². The third-order valence-corrected chi connectivity index (χ3v) is 9.92. The predicted octanol–water partition coefficient (Wildman–Crippen LogP) is 8.88. The normalized spacial score (nSPS) is 18.8. The zero-order valence-electron chi connectivity index (χ0n) is 20.9. The molecule has 0 aromatic heterocycles. The molecule has 0 radical (unpaired) electrons. The van der Waals surface area contributed by atoms with Crippen molar-refractivity contribution in [3.63, 3.8) is 0 Å². The van der Waals surface area contributed by atoms with E-state index in [0.29, 0.717) is 5.92 Å². The zero-order valence-corrected chi connectivity index (χ0v) is 22.9. The number of rotatable bonds is 6. The van der Waals surface area contributed by atoms with Crippen LogP contribution < -0.4 is 0 Å². The Kier molecular flexibility index (Phi) is 5.63. The van der Waals surface area contributed by atoms with E-state index in [2.05, 4.69) is 108 Å². The molecule has 0 saturated carbocycles. The van der Waals surface area contributed by atoms with Gasteiger partial charge in [-0.25, -0.2) is 0 Å². The van der Waals surface area contributed by atoms with E-state index in [1.807, 2.05) is 0 Å². The molecule has 0 aliphatic heterocycles. The molecule has 0 bridgehead atoms. The third kappa shape index (κ3) is 4.47. The van der Waals surface area contributed by atoms with Crippen LogP contribution >= 0.6 is 0 Å². The largest absolute Gasteiger partial charge is 0.0726 e. The van der Waals surface area contributed by atoms with Gasteiger partial charge >= 0.3 is 0 Å². The number of hydrogen-bond donors (Lipinski definition) is 0. The molecule has 1 unspecified atom stereocenters. The first-order valence-electron chi connectivity index (χ1n) is 12.0. The zero-order chi connectivity index (χ0) is 22.6. The van der Waals surface area contributed by atoms with Crippen molar-refractivity contribution in [2.24, 2.45) is 5.41 Å². The van der Waals surface area contributed by atoms with Gasteiger partial charge in [-0.15, -0.1) is 0 Å². The topological polar surface area (TPSA) is 0 Å². The average molecular weight is 445 g/mol. The molecule has 164 valence electrons. The summed E-state index contributed by atoms with van der Waals surface area (Å²) in [5, 5.41) is 0. The Morgan fingerprint density at radius 1 is 0.774 bits per heavy atom. The van der Waals surface area contributed by atoms with Crippen LogP contribution in [-0.2, 0) is 6.42 Å². The van der Waals surface area contributed by atoms with Gasteiger partial charge in [0.15, 0.2) is 0 Å². The maximum atomic E-state index is 2.66. The Labute approximate surface area is 192 Å². The van der Waals surface area contributed by atoms with Crippen LogP contribution in [0.25, 0.3) is 11.1 Å². The van der Waals surface area contributed by atoms with E-state index < -0.39 is 16.1 Å². The van der Waals surface area contributed by atoms with E-state index in [-0.39, 0.29) is 5.41 Å². The van der Waals surface area contributed by atoms with Crippen LogP contribution in [0, 0.1) is 5.41 Å². The van der Waals surface area contributed by atoms with Crippen LogP contribution in [0.4, 0.5) is 0 Å². The van der Waals surface area contributed by atoms with Crippen LogP contribution in [0.3, 0.4) is 0 Å². The first-order chi connectivity index (χ1) is 14.4. The van der Waals surface area contributed by atoms with E-state index in [9.17, 15) is 0 Å². The van der Waals surface area contributed by atoms with Gasteiger partial charge < -0.3 is 0 Å². The highest BCUT2D eigenvalue weighted by molar-refractivity contribution is 6.78. The highest BCUT2D eigenvalue weighted by Crippen LogP contribution is 2.55. The van der Waals surface area contributed by atoms with Crippen molar-refractivity contribution in [3.05, 3.63) is 82.4 Å². The molecule has 2 heteroatoms. The summed E-state index contributed by atoms with van der Waals surface area (Å²) in [5.74, 6) is 0.469. The van der Waals surface area contributed by atoms with E-state index in [4.69, 9.17) is 0 Å². The number of benzene rings is 2. The minimum atomic E-state index is -1.24. The van der Waals surface area contributed by atoms with Crippen molar-refractivity contribution < 1.29 is 0 Å². The summed E-state index contributed by atoms with van der Waals surface area (Å²) in [4.78, 5) is 0. The Hall–Kier alpha value is -1.65. The second kappa shape index (κ2) is 7.74. The summed E-state index contributed by atoms with van der Waals surface area (Å²) < 4.78 is 0. The van der Waals surface area contributed by atoms with Crippen molar-refractivity contribution in [1.82, 2.24) is 0 Å². The van der Waals surface area contributed by atoms with Gasteiger partial charge in [0.1, 0.15) is 0 Å². The lowest BCUT2D eigenvalue weighted by Gasteiger charge is -2.35. The molecule has 0 amide bonds. The number of hydrogen-bond acceptors (Lipinski definition) is 0. The monoisotopic (exact) mass is 444 g/mol. The molecule has 1 atom stereocenters. The van der Waals surface area contributed by atoms with Gasteiger partial charge in [0.2, 0.25) is 0 Å². The first-order valence-corrected chi connectivity index (χ1v) is 19.4. The lowest BCUT2D eigenvalue weighted by atomic mass is 9.69. The fraction of sp³-hybridized carbons (Fsp3) is 0.448. The van der Waals surface area contributed by atoms with Gasteiger partial charge in [-0.2, -0.15) is 0 Å². The molecule has 0 saturated heterocycles. The lowest BCUT2D eigenvalue weighted by molar-refractivity contribution is 0.395. The van der Waals surface area contributed by atoms with Crippen LogP contribution in [0.1, 0.15) is 42.0 Å². The maximum Gasteiger partial charge on any atom is 0.0487 e. The molecule has 31 heavy (non-hydrogen) atoms. The molecule has 2 aromatic rings. The molecule has 0 heterocycles. The standard InChI is InChI=1S/C29H40Si2/c1-29(2,27-18-22(19-30(3,4)5)24-15-11-12-16-25(24)27)28-17-21-13-9-10-14-23(21)26(28)20-31(6,7)8/h9-16,18,27H,17,19-20H2,1-8H3. The van der Waals surface area contributed by atoms with Gasteiger partial charge in [0, 0.05) is 22.1 Å². The van der Waals surface area contributed by atoms with Crippen molar-refractivity contribution in [1.29, 1.82) is 0 Å². The van der Waals surface area contributed by atoms with Crippen LogP contribution in [0.15, 0.2) is 60.2 Å². The molecule has 0 nitrogen and oxygen atoms in total. The lowest BCUT2D eigenvalue weighted by Crippen LogP contribution is -2.25. The van der Waals surface area contributed by atoms with Crippen molar-refractivity contribution in [2.45, 2.75) is 77.6 Å². The Morgan fingerprint density at radius 3 is 2.00 bits per heavy atom. The maximum absolute atomic E-state index is 2.66. The van der Waals surface area contributed by atoms with Crippen LogP contribution in [-0.4, -0.2) is 16.1 Å². The highest BCUT2D eigenvalue weighted by Gasteiger charge is 2.42. The minimum absolute atomic E-state index is 0.116. The summed E-state index contributed by atoms with van der Waals surface area (Å²) in [6.07, 6.45) is 3.78. The van der Waals surface area contributed by atoms with Crippen LogP contribution in [0.5, 0.6) is 0 Å². The molecular formula is C29H40Si2. The second-order valence-corrected chi connectivity index (χ2v) is 23.7.